The fourth-order valence-electron chi connectivity index (χ4n) is 4.22. The summed E-state index contributed by atoms with van der Waals surface area (Å²) in [6.07, 6.45) is 19.5. The number of rotatable bonds is 20. The summed E-state index contributed by atoms with van der Waals surface area (Å²) in [6, 6.07) is 8.37. The van der Waals surface area contributed by atoms with E-state index in [9.17, 15) is 0 Å². The summed E-state index contributed by atoms with van der Waals surface area (Å²) in [7, 11) is -2.14. The molecule has 1 aromatic carbocycles. The molecule has 31 heavy (non-hydrogen) atoms. The van der Waals surface area contributed by atoms with Crippen LogP contribution in [0.2, 0.25) is 12.1 Å². The summed E-state index contributed by atoms with van der Waals surface area (Å²) in [5, 5.41) is 0. The highest BCUT2D eigenvalue weighted by molar-refractivity contribution is 6.68. The van der Waals surface area contributed by atoms with Crippen molar-refractivity contribution in [3.8, 4) is 5.75 Å². The highest BCUT2D eigenvalue weighted by Gasteiger charge is 2.36. The van der Waals surface area contributed by atoms with E-state index >= 15 is 0 Å². The van der Waals surface area contributed by atoms with E-state index < -0.39 is 8.56 Å². The molecule has 1 rings (SSSR count). The van der Waals surface area contributed by atoms with E-state index in [2.05, 4.69) is 52.8 Å². The summed E-state index contributed by atoms with van der Waals surface area (Å²) >= 11 is 0. The lowest BCUT2D eigenvalue weighted by molar-refractivity contribution is 0.230. The standard InChI is InChI=1S/C28H52O2Si/c1-6-9-10-11-12-13-14-15-16-17-18-19-20-21-25-29-31(7-2,8-3)30-28-24-22-23-26(4)27(28)5/h22-24H,6-21,25H2,1-5H3. The summed E-state index contributed by atoms with van der Waals surface area (Å²) in [4.78, 5) is 0. The maximum Gasteiger partial charge on any atom is 0.398 e. The van der Waals surface area contributed by atoms with Gasteiger partial charge >= 0.3 is 8.56 Å². The van der Waals surface area contributed by atoms with Gasteiger partial charge in [-0.25, -0.2) is 0 Å². The van der Waals surface area contributed by atoms with E-state index in [0.717, 1.165) is 24.4 Å². The highest BCUT2D eigenvalue weighted by atomic mass is 28.4. The monoisotopic (exact) mass is 448 g/mol. The average Bonchev–Trinajstić information content (AvgIpc) is 2.78. The van der Waals surface area contributed by atoms with Crippen molar-refractivity contribution < 1.29 is 8.85 Å². The van der Waals surface area contributed by atoms with Gasteiger partial charge in [0, 0.05) is 6.61 Å². The number of unbranched alkanes of at least 4 members (excludes halogenated alkanes) is 13. The van der Waals surface area contributed by atoms with Crippen LogP contribution in [0.4, 0.5) is 0 Å². The first-order chi connectivity index (χ1) is 15.1. The topological polar surface area (TPSA) is 18.5 Å². The maximum absolute atomic E-state index is 6.55. The minimum absolute atomic E-state index is 0.858. The van der Waals surface area contributed by atoms with Crippen LogP contribution in [-0.2, 0) is 4.43 Å². The van der Waals surface area contributed by atoms with E-state index in [1.807, 2.05) is 0 Å². The third kappa shape index (κ3) is 12.1. The molecule has 0 aliphatic carbocycles. The molecule has 3 heteroatoms. The zero-order chi connectivity index (χ0) is 22.8. The first-order valence-corrected chi connectivity index (χ1v) is 15.7. The molecule has 0 fully saturated rings. The quantitative estimate of drug-likeness (QED) is 0.146. The molecule has 0 unspecified atom stereocenters. The Morgan fingerprint density at radius 1 is 0.645 bits per heavy atom. The van der Waals surface area contributed by atoms with Gasteiger partial charge in [-0.15, -0.1) is 0 Å². The summed E-state index contributed by atoms with van der Waals surface area (Å²) in [6.45, 7) is 11.9. The number of hydrogen-bond donors (Lipinski definition) is 0. The largest absolute Gasteiger partial charge is 0.520 e. The SMILES string of the molecule is CCCCCCCCCCCCCCCCO[Si](CC)(CC)Oc1cccc(C)c1C. The third-order valence-electron chi connectivity index (χ3n) is 6.79. The van der Waals surface area contributed by atoms with Crippen LogP contribution < -0.4 is 4.43 Å². The molecule has 0 spiro atoms. The number of hydrogen-bond acceptors (Lipinski definition) is 2. The van der Waals surface area contributed by atoms with Crippen molar-refractivity contribution in [2.45, 2.75) is 137 Å². The molecule has 0 heterocycles. The van der Waals surface area contributed by atoms with Gasteiger partial charge in [0.1, 0.15) is 5.75 Å². The van der Waals surface area contributed by atoms with Crippen LogP contribution in [0.15, 0.2) is 18.2 Å². The predicted octanol–water partition coefficient (Wildman–Crippen LogP) is 9.66. The summed E-state index contributed by atoms with van der Waals surface area (Å²) < 4.78 is 13.0. The van der Waals surface area contributed by atoms with E-state index in [0.29, 0.717) is 0 Å². The molecule has 0 N–H and O–H groups in total. The minimum Gasteiger partial charge on any atom is -0.520 e. The van der Waals surface area contributed by atoms with Crippen molar-refractivity contribution in [3.05, 3.63) is 29.3 Å². The minimum atomic E-state index is -2.14. The molecule has 0 atom stereocenters. The van der Waals surface area contributed by atoms with Gasteiger partial charge in [-0.3, -0.25) is 0 Å². The first-order valence-electron chi connectivity index (χ1n) is 13.5. The van der Waals surface area contributed by atoms with Crippen LogP contribution in [0, 0.1) is 13.8 Å². The van der Waals surface area contributed by atoms with Crippen LogP contribution in [0.1, 0.15) is 122 Å². The smallest absolute Gasteiger partial charge is 0.398 e. The Morgan fingerprint density at radius 2 is 1.13 bits per heavy atom. The van der Waals surface area contributed by atoms with Gasteiger partial charge in [-0.2, -0.15) is 0 Å². The van der Waals surface area contributed by atoms with Gasteiger partial charge in [0.15, 0.2) is 0 Å². The van der Waals surface area contributed by atoms with E-state index in [4.69, 9.17) is 8.85 Å². The van der Waals surface area contributed by atoms with Crippen molar-refractivity contribution in [1.29, 1.82) is 0 Å². The fraction of sp³-hybridized carbons (Fsp3) is 0.786. The molecule has 0 saturated heterocycles. The Labute approximate surface area is 195 Å². The zero-order valence-corrected chi connectivity index (χ0v) is 22.6. The molecular weight excluding hydrogens is 396 g/mol. The van der Waals surface area contributed by atoms with Gasteiger partial charge < -0.3 is 8.85 Å². The Morgan fingerprint density at radius 3 is 1.61 bits per heavy atom. The van der Waals surface area contributed by atoms with E-state index in [1.54, 1.807) is 0 Å². The van der Waals surface area contributed by atoms with Crippen LogP contribution >= 0.6 is 0 Å². The normalized spacial score (nSPS) is 11.8. The van der Waals surface area contributed by atoms with Crippen LogP contribution in [0.5, 0.6) is 5.75 Å². The Bertz CT molecular complexity index is 554. The highest BCUT2D eigenvalue weighted by Crippen LogP contribution is 2.28. The lowest BCUT2D eigenvalue weighted by Gasteiger charge is -2.30. The summed E-state index contributed by atoms with van der Waals surface area (Å²) in [5.41, 5.74) is 2.54. The van der Waals surface area contributed by atoms with Crippen LogP contribution in [-0.4, -0.2) is 15.2 Å². The summed E-state index contributed by atoms with van der Waals surface area (Å²) in [5.74, 6) is 1.02. The Balaban J connectivity index is 2.10. The molecule has 180 valence electrons. The maximum atomic E-state index is 6.55. The van der Waals surface area contributed by atoms with Crippen molar-refractivity contribution in [2.75, 3.05) is 6.61 Å². The molecule has 0 aromatic heterocycles. The second-order valence-electron chi connectivity index (χ2n) is 9.36. The van der Waals surface area contributed by atoms with Crippen molar-refractivity contribution in [1.82, 2.24) is 0 Å². The Hall–Kier alpha value is -0.803. The molecule has 2 nitrogen and oxygen atoms in total. The zero-order valence-electron chi connectivity index (χ0n) is 21.6. The van der Waals surface area contributed by atoms with Gasteiger partial charge in [0.25, 0.3) is 0 Å². The predicted molar refractivity (Wildman–Crippen MR) is 140 cm³/mol. The molecular formula is C28H52O2Si. The molecule has 0 saturated carbocycles. The number of benzene rings is 1. The van der Waals surface area contributed by atoms with Crippen molar-refractivity contribution in [2.24, 2.45) is 0 Å². The van der Waals surface area contributed by atoms with E-state index in [-0.39, 0.29) is 0 Å². The molecule has 0 amide bonds. The third-order valence-corrected chi connectivity index (χ3v) is 10.3. The lowest BCUT2D eigenvalue weighted by Crippen LogP contribution is -2.44. The van der Waals surface area contributed by atoms with Gasteiger partial charge in [0.2, 0.25) is 0 Å². The second-order valence-corrected chi connectivity index (χ2v) is 13.1. The van der Waals surface area contributed by atoms with Crippen molar-refractivity contribution in [3.63, 3.8) is 0 Å². The second kappa shape index (κ2) is 17.7. The molecule has 0 bridgehead atoms. The molecule has 1 aromatic rings. The van der Waals surface area contributed by atoms with Crippen LogP contribution in [0.3, 0.4) is 0 Å². The Kier molecular flexibility index (Phi) is 16.1. The fourth-order valence-corrected chi connectivity index (χ4v) is 6.61. The van der Waals surface area contributed by atoms with E-state index in [1.165, 1.54) is 101 Å². The average molecular weight is 449 g/mol. The van der Waals surface area contributed by atoms with Gasteiger partial charge in [-0.05, 0) is 49.5 Å². The van der Waals surface area contributed by atoms with Gasteiger partial charge in [-0.1, -0.05) is 116 Å². The molecule has 0 radical (unpaired) electrons. The number of aryl methyl sites for hydroxylation is 1. The van der Waals surface area contributed by atoms with Crippen molar-refractivity contribution >= 4 is 8.56 Å². The lowest BCUT2D eigenvalue weighted by atomic mass is 10.0. The molecule has 0 aliphatic heterocycles. The molecule has 0 aliphatic rings. The van der Waals surface area contributed by atoms with Crippen LogP contribution in [0.25, 0.3) is 0 Å². The van der Waals surface area contributed by atoms with Gasteiger partial charge in [0.05, 0.1) is 0 Å². The first kappa shape index (κ1) is 28.2.